The Labute approximate surface area is 164 Å². The number of hydrogen-bond donors (Lipinski definition) is 2. The molecule has 0 aliphatic carbocycles. The van der Waals surface area contributed by atoms with Crippen molar-refractivity contribution in [3.8, 4) is 11.5 Å². The molecule has 1 aromatic heterocycles. The summed E-state index contributed by atoms with van der Waals surface area (Å²) in [5, 5.41) is 6.35. The lowest BCUT2D eigenvalue weighted by Gasteiger charge is -2.32. The van der Waals surface area contributed by atoms with Gasteiger partial charge < -0.3 is 15.1 Å². The molecule has 2 aromatic rings. The Morgan fingerprint density at radius 3 is 3.11 bits per heavy atom. The second kappa shape index (κ2) is 8.84. The third-order valence-electron chi connectivity index (χ3n) is 5.55. The van der Waals surface area contributed by atoms with Crippen molar-refractivity contribution >= 4 is 5.91 Å². The lowest BCUT2D eigenvalue weighted by Crippen LogP contribution is -2.45. The van der Waals surface area contributed by atoms with E-state index >= 15 is 0 Å². The fourth-order valence-corrected chi connectivity index (χ4v) is 4.10. The van der Waals surface area contributed by atoms with Crippen LogP contribution in [0.3, 0.4) is 0 Å². The number of hydrogen-bond acceptors (Lipinski definition) is 5. The Bertz CT molecular complexity index is 803. The van der Waals surface area contributed by atoms with Crippen LogP contribution in [-0.2, 0) is 11.3 Å². The summed E-state index contributed by atoms with van der Waals surface area (Å²) < 4.78 is 18.9. The van der Waals surface area contributed by atoms with E-state index in [0.717, 1.165) is 57.6 Å². The molecule has 1 amide bonds. The number of rotatable bonds is 6. The van der Waals surface area contributed by atoms with Gasteiger partial charge in [-0.05, 0) is 62.9 Å². The number of nitrogens with zero attached hydrogens (tertiary/aromatic N) is 2. The average molecular weight is 386 g/mol. The van der Waals surface area contributed by atoms with E-state index in [0.29, 0.717) is 23.9 Å². The molecule has 2 aliphatic rings. The van der Waals surface area contributed by atoms with Crippen molar-refractivity contribution in [1.29, 1.82) is 0 Å². The SMILES string of the molecule is O=C(NCC1CCCN(Cc2coc(-c3cccc(F)c3)n2)C1)C1CCCN1. The Balaban J connectivity index is 1.28. The quantitative estimate of drug-likeness (QED) is 0.799. The highest BCUT2D eigenvalue weighted by Crippen LogP contribution is 2.22. The number of aromatic nitrogens is 1. The predicted molar refractivity (Wildman–Crippen MR) is 104 cm³/mol. The van der Waals surface area contributed by atoms with Gasteiger partial charge in [0.2, 0.25) is 11.8 Å². The topological polar surface area (TPSA) is 70.4 Å². The molecule has 7 heteroatoms. The zero-order valence-electron chi connectivity index (χ0n) is 16.0. The van der Waals surface area contributed by atoms with Crippen LogP contribution in [0.1, 0.15) is 31.4 Å². The molecule has 0 saturated carbocycles. The van der Waals surface area contributed by atoms with E-state index in [2.05, 4.69) is 20.5 Å². The number of oxazole rings is 1. The number of piperidine rings is 1. The van der Waals surface area contributed by atoms with Crippen molar-refractivity contribution in [2.75, 3.05) is 26.2 Å². The maximum absolute atomic E-state index is 13.4. The van der Waals surface area contributed by atoms with Gasteiger partial charge in [0.05, 0.1) is 11.7 Å². The van der Waals surface area contributed by atoms with Crippen molar-refractivity contribution < 1.29 is 13.6 Å². The van der Waals surface area contributed by atoms with Gasteiger partial charge in [-0.25, -0.2) is 9.37 Å². The molecule has 3 heterocycles. The first-order valence-electron chi connectivity index (χ1n) is 10.1. The van der Waals surface area contributed by atoms with Crippen molar-refractivity contribution in [3.63, 3.8) is 0 Å². The number of likely N-dealkylation sites (tertiary alicyclic amines) is 1. The zero-order chi connectivity index (χ0) is 19.3. The number of benzene rings is 1. The number of carbonyl (C=O) groups excluding carboxylic acids is 1. The summed E-state index contributed by atoms with van der Waals surface area (Å²) in [6.07, 6.45) is 5.89. The number of nitrogens with one attached hydrogen (secondary N) is 2. The van der Waals surface area contributed by atoms with Crippen LogP contribution in [0.25, 0.3) is 11.5 Å². The van der Waals surface area contributed by atoms with E-state index in [4.69, 9.17) is 4.42 Å². The van der Waals surface area contributed by atoms with E-state index < -0.39 is 0 Å². The molecule has 4 rings (SSSR count). The van der Waals surface area contributed by atoms with Gasteiger partial charge in [0.15, 0.2) is 0 Å². The van der Waals surface area contributed by atoms with Gasteiger partial charge in [0.1, 0.15) is 12.1 Å². The van der Waals surface area contributed by atoms with Crippen molar-refractivity contribution in [1.82, 2.24) is 20.5 Å². The van der Waals surface area contributed by atoms with Crippen LogP contribution < -0.4 is 10.6 Å². The second-order valence-corrected chi connectivity index (χ2v) is 7.79. The number of amides is 1. The summed E-state index contributed by atoms with van der Waals surface area (Å²) in [6, 6.07) is 6.25. The molecule has 0 bridgehead atoms. The lowest BCUT2D eigenvalue weighted by atomic mass is 9.97. The minimum Gasteiger partial charge on any atom is -0.444 e. The Morgan fingerprint density at radius 2 is 2.29 bits per heavy atom. The first-order valence-corrected chi connectivity index (χ1v) is 10.1. The summed E-state index contributed by atoms with van der Waals surface area (Å²) in [5.41, 5.74) is 1.49. The first kappa shape index (κ1) is 19.1. The van der Waals surface area contributed by atoms with Gasteiger partial charge in [-0.2, -0.15) is 0 Å². The number of halogens is 1. The van der Waals surface area contributed by atoms with Crippen molar-refractivity contribution in [3.05, 3.63) is 42.0 Å². The standard InChI is InChI=1S/C21H27FN4O2/c22-17-6-1-5-16(10-17)21-25-18(14-28-21)13-26-9-3-4-15(12-26)11-24-20(27)19-7-2-8-23-19/h1,5-6,10,14-15,19,23H,2-4,7-9,11-13H2,(H,24,27). The van der Waals surface area contributed by atoms with E-state index in [-0.39, 0.29) is 17.8 Å². The van der Waals surface area contributed by atoms with E-state index in [9.17, 15) is 9.18 Å². The van der Waals surface area contributed by atoms with Crippen molar-refractivity contribution in [2.24, 2.45) is 5.92 Å². The van der Waals surface area contributed by atoms with E-state index in [1.165, 1.54) is 12.1 Å². The highest BCUT2D eigenvalue weighted by molar-refractivity contribution is 5.81. The molecular formula is C21H27FN4O2. The third kappa shape index (κ3) is 4.77. The molecule has 150 valence electrons. The highest BCUT2D eigenvalue weighted by atomic mass is 19.1. The van der Waals surface area contributed by atoms with Crippen LogP contribution >= 0.6 is 0 Å². The molecule has 6 nitrogen and oxygen atoms in total. The monoisotopic (exact) mass is 386 g/mol. The summed E-state index contributed by atoms with van der Waals surface area (Å²) in [7, 11) is 0. The van der Waals surface area contributed by atoms with Gasteiger partial charge in [0.25, 0.3) is 0 Å². The maximum Gasteiger partial charge on any atom is 0.237 e. The molecule has 2 saturated heterocycles. The molecule has 28 heavy (non-hydrogen) atoms. The van der Waals surface area contributed by atoms with Crippen LogP contribution in [0.4, 0.5) is 4.39 Å². The average Bonchev–Trinajstić information content (AvgIpc) is 3.39. The van der Waals surface area contributed by atoms with Gasteiger partial charge in [-0.1, -0.05) is 6.07 Å². The van der Waals surface area contributed by atoms with Crippen LogP contribution in [0.2, 0.25) is 0 Å². The molecule has 1 aromatic carbocycles. The molecule has 2 unspecified atom stereocenters. The predicted octanol–water partition coefficient (Wildman–Crippen LogP) is 2.56. The van der Waals surface area contributed by atoms with Gasteiger partial charge >= 0.3 is 0 Å². The van der Waals surface area contributed by atoms with Gasteiger partial charge in [0, 0.05) is 25.2 Å². The molecule has 2 aliphatic heterocycles. The first-order chi connectivity index (χ1) is 13.7. The summed E-state index contributed by atoms with van der Waals surface area (Å²) >= 11 is 0. The normalized spacial score (nSPS) is 23.0. The Morgan fingerprint density at radius 1 is 1.36 bits per heavy atom. The Hall–Kier alpha value is -2.25. The molecule has 2 N–H and O–H groups in total. The van der Waals surface area contributed by atoms with Gasteiger partial charge in [-0.15, -0.1) is 0 Å². The molecule has 0 spiro atoms. The largest absolute Gasteiger partial charge is 0.444 e. The van der Waals surface area contributed by atoms with E-state index in [1.54, 1.807) is 18.4 Å². The molecular weight excluding hydrogens is 359 g/mol. The summed E-state index contributed by atoms with van der Waals surface area (Å²) in [6.45, 7) is 4.30. The Kier molecular flexibility index (Phi) is 6.02. The zero-order valence-corrected chi connectivity index (χ0v) is 16.0. The maximum atomic E-state index is 13.4. The van der Waals surface area contributed by atoms with E-state index in [1.807, 2.05) is 0 Å². The van der Waals surface area contributed by atoms with Crippen LogP contribution in [0, 0.1) is 11.7 Å². The lowest BCUT2D eigenvalue weighted by molar-refractivity contribution is -0.123. The minimum absolute atomic E-state index is 0.0175. The minimum atomic E-state index is -0.300. The smallest absolute Gasteiger partial charge is 0.237 e. The molecule has 0 radical (unpaired) electrons. The number of carbonyl (C=O) groups is 1. The van der Waals surface area contributed by atoms with Crippen molar-refractivity contribution in [2.45, 2.75) is 38.3 Å². The molecule has 2 atom stereocenters. The fourth-order valence-electron chi connectivity index (χ4n) is 4.10. The summed E-state index contributed by atoms with van der Waals surface area (Å²) in [4.78, 5) is 19.0. The van der Waals surface area contributed by atoms with Gasteiger partial charge in [-0.3, -0.25) is 9.69 Å². The van der Waals surface area contributed by atoms with Crippen LogP contribution in [0.15, 0.2) is 34.9 Å². The highest BCUT2D eigenvalue weighted by Gasteiger charge is 2.25. The fraction of sp³-hybridized carbons (Fsp3) is 0.524. The summed E-state index contributed by atoms with van der Waals surface area (Å²) in [5.74, 6) is 0.727. The second-order valence-electron chi connectivity index (χ2n) is 7.79. The van der Waals surface area contributed by atoms with Crippen LogP contribution in [-0.4, -0.2) is 48.0 Å². The molecule has 2 fully saturated rings. The third-order valence-corrected chi connectivity index (χ3v) is 5.55. The van der Waals surface area contributed by atoms with Crippen LogP contribution in [0.5, 0.6) is 0 Å².